The van der Waals surface area contributed by atoms with Gasteiger partial charge in [0.15, 0.2) is 15.5 Å². The highest BCUT2D eigenvalue weighted by Crippen LogP contribution is 2.33. The third-order valence-electron chi connectivity index (χ3n) is 4.15. The molecule has 148 valence electrons. The van der Waals surface area contributed by atoms with Crippen molar-refractivity contribution in [3.05, 3.63) is 65.9 Å². The van der Waals surface area contributed by atoms with Crippen molar-refractivity contribution in [2.24, 2.45) is 0 Å². The first kappa shape index (κ1) is 20.1. The van der Waals surface area contributed by atoms with Crippen LogP contribution in [0.4, 0.5) is 13.2 Å². The van der Waals surface area contributed by atoms with Crippen molar-refractivity contribution in [3.8, 4) is 16.9 Å². The van der Waals surface area contributed by atoms with Crippen LogP contribution >= 0.6 is 0 Å². The van der Waals surface area contributed by atoms with Crippen LogP contribution in [0.15, 0.2) is 59.5 Å². The fourth-order valence-corrected chi connectivity index (χ4v) is 3.71. The molecule has 0 bridgehead atoms. The molecule has 1 aromatic heterocycles. The minimum atomic E-state index is -4.62. The summed E-state index contributed by atoms with van der Waals surface area (Å²) in [5, 5.41) is 12.5. The highest BCUT2D eigenvalue weighted by Gasteiger charge is 2.35. The maximum atomic E-state index is 13.2. The Morgan fingerprint density at radius 3 is 2.18 bits per heavy atom. The predicted octanol–water partition coefficient (Wildman–Crippen LogP) is 3.63. The van der Waals surface area contributed by atoms with E-state index in [0.717, 1.165) is 16.3 Å². The van der Waals surface area contributed by atoms with Crippen molar-refractivity contribution in [2.75, 3.05) is 12.4 Å². The van der Waals surface area contributed by atoms with Gasteiger partial charge in [-0.3, -0.25) is 0 Å². The largest absolute Gasteiger partial charge is 0.435 e. The average molecular weight is 410 g/mol. The lowest BCUT2D eigenvalue weighted by Gasteiger charge is -2.09. The molecule has 3 rings (SSSR count). The summed E-state index contributed by atoms with van der Waals surface area (Å²) in [6, 6.07) is 13.3. The molecule has 0 fully saturated rings. The summed E-state index contributed by atoms with van der Waals surface area (Å²) in [6.45, 7) is 1.35. The van der Waals surface area contributed by atoms with E-state index in [-0.39, 0.29) is 16.3 Å². The number of hydrogen-bond acceptors (Lipinski definition) is 4. The zero-order valence-electron chi connectivity index (χ0n) is 14.8. The van der Waals surface area contributed by atoms with E-state index in [0.29, 0.717) is 5.56 Å². The highest BCUT2D eigenvalue weighted by atomic mass is 32.2. The lowest BCUT2D eigenvalue weighted by Crippen LogP contribution is -2.10. The van der Waals surface area contributed by atoms with Crippen molar-refractivity contribution >= 4 is 9.84 Å². The minimum Gasteiger partial charge on any atom is -0.395 e. The van der Waals surface area contributed by atoms with Crippen molar-refractivity contribution < 1.29 is 26.7 Å². The number of aryl methyl sites for hydroxylation is 1. The number of sulfone groups is 1. The molecular weight excluding hydrogens is 393 g/mol. The summed E-state index contributed by atoms with van der Waals surface area (Å²) >= 11 is 0. The van der Waals surface area contributed by atoms with Gasteiger partial charge in [0, 0.05) is 5.56 Å². The van der Waals surface area contributed by atoms with Crippen LogP contribution in [0, 0.1) is 6.92 Å². The zero-order chi connectivity index (χ0) is 20.5. The van der Waals surface area contributed by atoms with E-state index in [1.54, 1.807) is 24.3 Å². The van der Waals surface area contributed by atoms with Gasteiger partial charge >= 0.3 is 6.18 Å². The molecule has 0 radical (unpaired) electrons. The van der Waals surface area contributed by atoms with Gasteiger partial charge in [0.25, 0.3) is 0 Å². The van der Waals surface area contributed by atoms with Gasteiger partial charge in [-0.05, 0) is 37.3 Å². The first-order valence-electron chi connectivity index (χ1n) is 8.30. The Bertz CT molecular complexity index is 1070. The van der Waals surface area contributed by atoms with E-state index >= 15 is 0 Å². The molecule has 0 amide bonds. The molecule has 0 aliphatic heterocycles. The first-order chi connectivity index (χ1) is 13.1. The standard InChI is InChI=1S/C19H17F3N2O3S/c1-13-2-4-14(5-3-13)17-12-18(19(20,21)22)23-24(17)15-6-8-16(9-7-15)28(26,27)11-10-25/h2-9,12,25H,10-11H2,1H3. The summed E-state index contributed by atoms with van der Waals surface area (Å²) < 4.78 is 64.8. The predicted molar refractivity (Wildman–Crippen MR) is 97.9 cm³/mol. The fourth-order valence-electron chi connectivity index (χ4n) is 2.68. The smallest absolute Gasteiger partial charge is 0.395 e. The van der Waals surface area contributed by atoms with Crippen molar-refractivity contribution in [3.63, 3.8) is 0 Å². The third-order valence-corrected chi connectivity index (χ3v) is 5.86. The Morgan fingerprint density at radius 2 is 1.64 bits per heavy atom. The topological polar surface area (TPSA) is 72.2 Å². The summed E-state index contributed by atoms with van der Waals surface area (Å²) in [7, 11) is -3.65. The number of aliphatic hydroxyl groups is 1. The second-order valence-electron chi connectivity index (χ2n) is 6.23. The van der Waals surface area contributed by atoms with Crippen LogP contribution in [0.2, 0.25) is 0 Å². The molecule has 2 aromatic carbocycles. The quantitative estimate of drug-likeness (QED) is 0.697. The normalized spacial score (nSPS) is 12.3. The monoisotopic (exact) mass is 410 g/mol. The van der Waals surface area contributed by atoms with E-state index in [2.05, 4.69) is 5.10 Å². The van der Waals surface area contributed by atoms with Gasteiger partial charge in [-0.1, -0.05) is 29.8 Å². The summed E-state index contributed by atoms with van der Waals surface area (Å²) in [4.78, 5) is -0.0228. The van der Waals surface area contributed by atoms with Crippen LogP contribution in [0.5, 0.6) is 0 Å². The van der Waals surface area contributed by atoms with Crippen molar-refractivity contribution in [1.29, 1.82) is 0 Å². The fraction of sp³-hybridized carbons (Fsp3) is 0.211. The lowest BCUT2D eigenvalue weighted by molar-refractivity contribution is -0.141. The van der Waals surface area contributed by atoms with Crippen molar-refractivity contribution in [1.82, 2.24) is 9.78 Å². The van der Waals surface area contributed by atoms with E-state index in [4.69, 9.17) is 5.11 Å². The molecule has 1 N–H and O–H groups in total. The second kappa shape index (κ2) is 7.40. The summed E-state index contributed by atoms with van der Waals surface area (Å²) in [6.07, 6.45) is -4.62. The average Bonchev–Trinajstić information content (AvgIpc) is 3.08. The molecule has 0 saturated carbocycles. The van der Waals surface area contributed by atoms with Crippen LogP contribution in [0.1, 0.15) is 11.3 Å². The SMILES string of the molecule is Cc1ccc(-c2cc(C(F)(F)F)nn2-c2ccc(S(=O)(=O)CCO)cc2)cc1. The number of benzene rings is 2. The highest BCUT2D eigenvalue weighted by molar-refractivity contribution is 7.91. The second-order valence-corrected chi connectivity index (χ2v) is 8.34. The molecule has 0 aliphatic rings. The minimum absolute atomic E-state index is 0.0228. The van der Waals surface area contributed by atoms with E-state index < -0.39 is 34.1 Å². The molecule has 1 heterocycles. The number of hydrogen-bond donors (Lipinski definition) is 1. The number of nitrogens with zero attached hydrogens (tertiary/aromatic N) is 2. The van der Waals surface area contributed by atoms with Crippen molar-refractivity contribution in [2.45, 2.75) is 18.0 Å². The van der Waals surface area contributed by atoms with Gasteiger partial charge in [0.1, 0.15) is 0 Å². The molecular formula is C19H17F3N2O3S. The Balaban J connectivity index is 2.10. The van der Waals surface area contributed by atoms with Gasteiger partial charge in [-0.15, -0.1) is 0 Å². The lowest BCUT2D eigenvalue weighted by atomic mass is 10.1. The van der Waals surface area contributed by atoms with E-state index in [1.165, 1.54) is 24.3 Å². The number of aromatic nitrogens is 2. The van der Waals surface area contributed by atoms with Crippen LogP contribution in [0.25, 0.3) is 16.9 Å². The molecule has 28 heavy (non-hydrogen) atoms. The van der Waals surface area contributed by atoms with Crippen LogP contribution in [-0.2, 0) is 16.0 Å². The maximum absolute atomic E-state index is 13.2. The van der Waals surface area contributed by atoms with Gasteiger partial charge in [-0.25, -0.2) is 13.1 Å². The van der Waals surface area contributed by atoms with Crippen LogP contribution in [0.3, 0.4) is 0 Å². The number of rotatable bonds is 5. The first-order valence-corrected chi connectivity index (χ1v) is 9.95. The summed E-state index contributed by atoms with van der Waals surface area (Å²) in [5.74, 6) is -0.430. The number of alkyl halides is 3. The Labute approximate surface area is 160 Å². The third kappa shape index (κ3) is 4.10. The maximum Gasteiger partial charge on any atom is 0.435 e. The Hall–Kier alpha value is -2.65. The van der Waals surface area contributed by atoms with E-state index in [1.807, 2.05) is 6.92 Å². The van der Waals surface area contributed by atoms with Gasteiger partial charge < -0.3 is 5.11 Å². The Morgan fingerprint density at radius 1 is 1.04 bits per heavy atom. The zero-order valence-corrected chi connectivity index (χ0v) is 15.6. The van der Waals surface area contributed by atoms with E-state index in [9.17, 15) is 21.6 Å². The molecule has 5 nitrogen and oxygen atoms in total. The summed E-state index contributed by atoms with van der Waals surface area (Å²) in [5.41, 5.74) is 0.988. The molecule has 9 heteroatoms. The number of aliphatic hydroxyl groups excluding tert-OH is 1. The molecule has 0 unspecified atom stereocenters. The molecule has 0 atom stereocenters. The molecule has 0 aliphatic carbocycles. The Kier molecular flexibility index (Phi) is 5.31. The van der Waals surface area contributed by atoms with Gasteiger partial charge in [0.05, 0.1) is 28.6 Å². The molecule has 3 aromatic rings. The molecule has 0 spiro atoms. The molecule has 0 saturated heterocycles. The van der Waals surface area contributed by atoms with Gasteiger partial charge in [0.2, 0.25) is 0 Å². The van der Waals surface area contributed by atoms with Crippen LogP contribution < -0.4 is 0 Å². The van der Waals surface area contributed by atoms with Crippen LogP contribution in [-0.4, -0.2) is 35.7 Å². The van der Waals surface area contributed by atoms with Gasteiger partial charge in [-0.2, -0.15) is 18.3 Å². The number of halogens is 3.